The summed E-state index contributed by atoms with van der Waals surface area (Å²) in [6, 6.07) is 6.06. The summed E-state index contributed by atoms with van der Waals surface area (Å²) in [4.78, 5) is 28.3. The Labute approximate surface area is 170 Å². The van der Waals surface area contributed by atoms with Gasteiger partial charge in [-0.1, -0.05) is 25.4 Å². The highest BCUT2D eigenvalue weighted by Crippen LogP contribution is 2.31. The minimum Gasteiger partial charge on any atom is -0.404 e. The number of ether oxygens (including phenoxy) is 1. The SMILES string of the molecule is CC(C)C(=O)Nc1cc(C(C)NC(=O)c2ccc(OC(F)(F)F)c(Cl)c2)ccn1. The molecule has 0 aliphatic carbocycles. The first kappa shape index (κ1) is 22.5. The summed E-state index contributed by atoms with van der Waals surface area (Å²) in [5.74, 6) is -1.20. The van der Waals surface area contributed by atoms with Crippen LogP contribution in [-0.4, -0.2) is 23.2 Å². The number of hydrogen-bond acceptors (Lipinski definition) is 4. The third-order valence-corrected chi connectivity index (χ3v) is 4.12. The van der Waals surface area contributed by atoms with Crippen LogP contribution in [0.2, 0.25) is 5.02 Å². The standard InChI is InChI=1S/C19H19ClF3N3O3/c1-10(2)17(27)26-16-9-12(6-7-24-16)11(3)25-18(28)13-4-5-15(14(20)8-13)29-19(21,22)23/h4-11H,1-3H3,(H,25,28)(H,24,26,27). The van der Waals surface area contributed by atoms with Crippen LogP contribution in [0.4, 0.5) is 19.0 Å². The summed E-state index contributed by atoms with van der Waals surface area (Å²) >= 11 is 5.77. The van der Waals surface area contributed by atoms with Gasteiger partial charge in [0, 0.05) is 17.7 Å². The molecule has 0 fully saturated rings. The summed E-state index contributed by atoms with van der Waals surface area (Å²) < 4.78 is 40.7. The second kappa shape index (κ2) is 9.13. The number of pyridine rings is 1. The number of rotatable bonds is 6. The van der Waals surface area contributed by atoms with Crippen LogP contribution in [0.5, 0.6) is 5.75 Å². The van der Waals surface area contributed by atoms with E-state index in [1.54, 1.807) is 32.9 Å². The maximum atomic E-state index is 12.4. The number of nitrogens with one attached hydrogen (secondary N) is 2. The van der Waals surface area contributed by atoms with Crippen LogP contribution in [-0.2, 0) is 4.79 Å². The van der Waals surface area contributed by atoms with Gasteiger partial charge in [0.05, 0.1) is 11.1 Å². The second-order valence-corrected chi connectivity index (χ2v) is 6.91. The molecule has 1 unspecified atom stereocenters. The van der Waals surface area contributed by atoms with E-state index in [0.717, 1.165) is 12.1 Å². The molecule has 0 spiro atoms. The Balaban J connectivity index is 2.09. The van der Waals surface area contributed by atoms with E-state index in [1.165, 1.54) is 12.3 Å². The van der Waals surface area contributed by atoms with Gasteiger partial charge in [-0.25, -0.2) is 4.98 Å². The number of amides is 2. The number of aromatic nitrogens is 1. The Bertz CT molecular complexity index is 904. The molecule has 2 aromatic rings. The van der Waals surface area contributed by atoms with Crippen LogP contribution in [0.25, 0.3) is 0 Å². The third kappa shape index (κ3) is 6.63. The Hall–Kier alpha value is -2.81. The molecule has 0 saturated carbocycles. The van der Waals surface area contributed by atoms with Gasteiger partial charge in [0.2, 0.25) is 5.91 Å². The van der Waals surface area contributed by atoms with E-state index in [1.807, 2.05) is 0 Å². The van der Waals surface area contributed by atoms with Crippen molar-refractivity contribution in [2.45, 2.75) is 33.2 Å². The van der Waals surface area contributed by atoms with E-state index >= 15 is 0 Å². The lowest BCUT2D eigenvalue weighted by atomic mass is 10.1. The molecule has 1 aromatic carbocycles. The molecule has 1 aromatic heterocycles. The van der Waals surface area contributed by atoms with Crippen molar-refractivity contribution in [1.29, 1.82) is 0 Å². The van der Waals surface area contributed by atoms with Crippen molar-refractivity contribution in [3.8, 4) is 5.75 Å². The van der Waals surface area contributed by atoms with Crippen molar-refractivity contribution in [2.75, 3.05) is 5.32 Å². The Morgan fingerprint density at radius 2 is 1.83 bits per heavy atom. The summed E-state index contributed by atoms with van der Waals surface area (Å²) in [5.41, 5.74) is 0.745. The highest BCUT2D eigenvalue weighted by atomic mass is 35.5. The number of hydrogen-bond donors (Lipinski definition) is 2. The van der Waals surface area contributed by atoms with Crippen LogP contribution in [0.3, 0.4) is 0 Å². The first-order valence-electron chi connectivity index (χ1n) is 8.59. The average Bonchev–Trinajstić information content (AvgIpc) is 2.62. The van der Waals surface area contributed by atoms with Crippen molar-refractivity contribution < 1.29 is 27.5 Å². The fourth-order valence-electron chi connectivity index (χ4n) is 2.27. The molecule has 2 rings (SSSR count). The van der Waals surface area contributed by atoms with Crippen molar-refractivity contribution in [2.24, 2.45) is 5.92 Å². The number of carbonyl (C=O) groups excluding carboxylic acids is 2. The first-order valence-corrected chi connectivity index (χ1v) is 8.97. The molecular weight excluding hydrogens is 411 g/mol. The van der Waals surface area contributed by atoms with Gasteiger partial charge in [0.15, 0.2) is 0 Å². The van der Waals surface area contributed by atoms with Crippen molar-refractivity contribution in [3.63, 3.8) is 0 Å². The fourth-order valence-corrected chi connectivity index (χ4v) is 2.49. The third-order valence-electron chi connectivity index (χ3n) is 3.83. The lowest BCUT2D eigenvalue weighted by Gasteiger charge is -2.16. The normalized spacial score (nSPS) is 12.4. The van der Waals surface area contributed by atoms with E-state index in [0.29, 0.717) is 11.4 Å². The minimum atomic E-state index is -4.88. The molecule has 10 heteroatoms. The zero-order valence-corrected chi connectivity index (χ0v) is 16.6. The maximum Gasteiger partial charge on any atom is 0.573 e. The van der Waals surface area contributed by atoms with Crippen LogP contribution in [0.1, 0.15) is 42.7 Å². The molecule has 29 heavy (non-hydrogen) atoms. The lowest BCUT2D eigenvalue weighted by Crippen LogP contribution is -2.27. The molecule has 0 aliphatic rings. The first-order chi connectivity index (χ1) is 13.5. The number of halogens is 4. The molecule has 1 heterocycles. The maximum absolute atomic E-state index is 12.4. The quantitative estimate of drug-likeness (QED) is 0.696. The summed E-state index contributed by atoms with van der Waals surface area (Å²) in [6.07, 6.45) is -3.39. The lowest BCUT2D eigenvalue weighted by molar-refractivity contribution is -0.274. The monoisotopic (exact) mass is 429 g/mol. The van der Waals surface area contributed by atoms with Crippen LogP contribution in [0.15, 0.2) is 36.5 Å². The van der Waals surface area contributed by atoms with Gasteiger partial charge in [0.25, 0.3) is 5.91 Å². The molecule has 2 amide bonds. The molecular formula is C19H19ClF3N3O3. The van der Waals surface area contributed by atoms with Crippen molar-refractivity contribution in [1.82, 2.24) is 10.3 Å². The number of carbonyl (C=O) groups is 2. The van der Waals surface area contributed by atoms with Crippen LogP contribution >= 0.6 is 11.6 Å². The Kier molecular flexibility index (Phi) is 7.07. The van der Waals surface area contributed by atoms with Gasteiger partial charge in [0.1, 0.15) is 11.6 Å². The molecule has 2 N–H and O–H groups in total. The molecule has 6 nitrogen and oxygen atoms in total. The summed E-state index contributed by atoms with van der Waals surface area (Å²) in [5, 5.41) is 5.04. The van der Waals surface area contributed by atoms with E-state index in [-0.39, 0.29) is 22.4 Å². The summed E-state index contributed by atoms with van der Waals surface area (Å²) in [6.45, 7) is 5.21. The average molecular weight is 430 g/mol. The van der Waals surface area contributed by atoms with Gasteiger partial charge >= 0.3 is 6.36 Å². The molecule has 1 atom stereocenters. The molecule has 156 valence electrons. The predicted molar refractivity (Wildman–Crippen MR) is 102 cm³/mol. The van der Waals surface area contributed by atoms with Gasteiger partial charge in [-0.2, -0.15) is 0 Å². The van der Waals surface area contributed by atoms with Gasteiger partial charge in [-0.05, 0) is 42.8 Å². The number of benzene rings is 1. The Morgan fingerprint density at radius 1 is 1.14 bits per heavy atom. The van der Waals surface area contributed by atoms with Crippen LogP contribution in [0, 0.1) is 5.92 Å². The zero-order chi connectivity index (χ0) is 21.8. The highest BCUT2D eigenvalue weighted by molar-refractivity contribution is 6.32. The van der Waals surface area contributed by atoms with E-state index in [4.69, 9.17) is 11.6 Å². The van der Waals surface area contributed by atoms with E-state index in [2.05, 4.69) is 20.4 Å². The van der Waals surface area contributed by atoms with Crippen LogP contribution < -0.4 is 15.4 Å². The molecule has 0 saturated heterocycles. The van der Waals surface area contributed by atoms with Gasteiger partial charge < -0.3 is 15.4 Å². The fraction of sp³-hybridized carbons (Fsp3) is 0.316. The zero-order valence-electron chi connectivity index (χ0n) is 15.8. The molecule has 0 radical (unpaired) electrons. The number of anilines is 1. The number of alkyl halides is 3. The predicted octanol–water partition coefficient (Wildman–Crippen LogP) is 4.72. The van der Waals surface area contributed by atoms with Gasteiger partial charge in [-0.3, -0.25) is 9.59 Å². The largest absolute Gasteiger partial charge is 0.573 e. The van der Waals surface area contributed by atoms with Crippen molar-refractivity contribution in [3.05, 3.63) is 52.7 Å². The van der Waals surface area contributed by atoms with Gasteiger partial charge in [-0.15, -0.1) is 13.2 Å². The van der Waals surface area contributed by atoms with E-state index in [9.17, 15) is 22.8 Å². The molecule has 0 bridgehead atoms. The topological polar surface area (TPSA) is 80.3 Å². The smallest absolute Gasteiger partial charge is 0.404 e. The Morgan fingerprint density at radius 3 is 2.41 bits per heavy atom. The highest BCUT2D eigenvalue weighted by Gasteiger charge is 2.32. The summed E-state index contributed by atoms with van der Waals surface area (Å²) in [7, 11) is 0. The second-order valence-electron chi connectivity index (χ2n) is 6.51. The number of nitrogens with zero attached hydrogens (tertiary/aromatic N) is 1. The molecule has 0 aliphatic heterocycles. The van der Waals surface area contributed by atoms with Crippen molar-refractivity contribution >= 4 is 29.2 Å². The minimum absolute atomic E-state index is 0.0683. The van der Waals surface area contributed by atoms with E-state index < -0.39 is 24.1 Å².